The summed E-state index contributed by atoms with van der Waals surface area (Å²) in [7, 11) is 0. The van der Waals surface area contributed by atoms with Crippen molar-refractivity contribution in [1.29, 1.82) is 0 Å². The van der Waals surface area contributed by atoms with Gasteiger partial charge in [-0.2, -0.15) is 15.0 Å². The highest BCUT2D eigenvalue weighted by molar-refractivity contribution is 6.28. The van der Waals surface area contributed by atoms with Gasteiger partial charge in [0.25, 0.3) is 0 Å². The van der Waals surface area contributed by atoms with Gasteiger partial charge in [-0.15, -0.1) is 0 Å². The quantitative estimate of drug-likeness (QED) is 0.837. The standard InChI is InChI=1S/C13H21ClN6/c1-2-18-7-9-20(10-8-18)13-16-11(14)15-12(17-13)19-5-3-4-6-19/h2-10H2,1H3. The van der Waals surface area contributed by atoms with Crippen LogP contribution in [0.25, 0.3) is 0 Å². The van der Waals surface area contributed by atoms with Gasteiger partial charge in [0.05, 0.1) is 0 Å². The van der Waals surface area contributed by atoms with E-state index in [-0.39, 0.29) is 0 Å². The first kappa shape index (κ1) is 13.8. The van der Waals surface area contributed by atoms with Crippen LogP contribution in [0.3, 0.4) is 0 Å². The highest BCUT2D eigenvalue weighted by atomic mass is 35.5. The lowest BCUT2D eigenvalue weighted by atomic mass is 10.3. The molecule has 3 heterocycles. The van der Waals surface area contributed by atoms with Crippen LogP contribution in [-0.4, -0.2) is 65.7 Å². The molecule has 0 atom stereocenters. The van der Waals surface area contributed by atoms with E-state index in [1.54, 1.807) is 0 Å². The molecule has 6 nitrogen and oxygen atoms in total. The average Bonchev–Trinajstić information content (AvgIpc) is 3.01. The van der Waals surface area contributed by atoms with Crippen molar-refractivity contribution in [3.8, 4) is 0 Å². The van der Waals surface area contributed by atoms with Gasteiger partial charge in [-0.1, -0.05) is 6.92 Å². The van der Waals surface area contributed by atoms with E-state index < -0.39 is 0 Å². The highest BCUT2D eigenvalue weighted by Gasteiger charge is 2.22. The molecule has 2 fully saturated rings. The summed E-state index contributed by atoms with van der Waals surface area (Å²) in [6, 6.07) is 0. The van der Waals surface area contributed by atoms with Crippen LogP contribution in [0.5, 0.6) is 0 Å². The van der Waals surface area contributed by atoms with E-state index in [0.717, 1.165) is 57.7 Å². The number of nitrogens with zero attached hydrogens (tertiary/aromatic N) is 6. The molecule has 2 aliphatic heterocycles. The Hall–Kier alpha value is -1.14. The van der Waals surface area contributed by atoms with Gasteiger partial charge in [-0.05, 0) is 31.0 Å². The Labute approximate surface area is 124 Å². The van der Waals surface area contributed by atoms with Crippen molar-refractivity contribution < 1.29 is 0 Å². The van der Waals surface area contributed by atoms with E-state index in [1.807, 2.05) is 0 Å². The number of rotatable bonds is 3. The maximum atomic E-state index is 6.08. The van der Waals surface area contributed by atoms with Gasteiger partial charge in [0.2, 0.25) is 17.2 Å². The molecule has 7 heteroatoms. The number of likely N-dealkylation sites (N-methyl/N-ethyl adjacent to an activating group) is 1. The molecule has 2 saturated heterocycles. The van der Waals surface area contributed by atoms with E-state index in [4.69, 9.17) is 11.6 Å². The van der Waals surface area contributed by atoms with E-state index in [9.17, 15) is 0 Å². The Balaban J connectivity index is 1.76. The smallest absolute Gasteiger partial charge is 0.231 e. The van der Waals surface area contributed by atoms with Crippen LogP contribution < -0.4 is 9.80 Å². The Morgan fingerprint density at radius 1 is 0.850 bits per heavy atom. The molecule has 1 aromatic heterocycles. The number of aromatic nitrogens is 3. The van der Waals surface area contributed by atoms with E-state index in [1.165, 1.54) is 12.8 Å². The summed E-state index contributed by atoms with van der Waals surface area (Å²) >= 11 is 6.08. The molecule has 1 aromatic rings. The molecule has 110 valence electrons. The predicted molar refractivity (Wildman–Crippen MR) is 80.6 cm³/mol. The predicted octanol–water partition coefficient (Wildman–Crippen LogP) is 1.27. The molecule has 0 radical (unpaired) electrons. The summed E-state index contributed by atoms with van der Waals surface area (Å²) in [5, 5.41) is 0.301. The first-order chi connectivity index (χ1) is 9.76. The van der Waals surface area contributed by atoms with Gasteiger partial charge in [-0.25, -0.2) is 0 Å². The summed E-state index contributed by atoms with van der Waals surface area (Å²) in [4.78, 5) is 20.0. The lowest BCUT2D eigenvalue weighted by Gasteiger charge is -2.34. The van der Waals surface area contributed by atoms with Crippen molar-refractivity contribution in [2.24, 2.45) is 0 Å². The number of hydrogen-bond acceptors (Lipinski definition) is 6. The molecule has 2 aliphatic rings. The highest BCUT2D eigenvalue weighted by Crippen LogP contribution is 2.21. The van der Waals surface area contributed by atoms with Crippen LogP contribution in [0.15, 0.2) is 0 Å². The second-order valence-corrected chi connectivity index (χ2v) is 5.66. The van der Waals surface area contributed by atoms with Gasteiger partial charge < -0.3 is 14.7 Å². The van der Waals surface area contributed by atoms with Crippen LogP contribution in [-0.2, 0) is 0 Å². The molecule has 0 saturated carbocycles. The average molecular weight is 297 g/mol. The van der Waals surface area contributed by atoms with Crippen LogP contribution in [0.4, 0.5) is 11.9 Å². The minimum Gasteiger partial charge on any atom is -0.341 e. The topological polar surface area (TPSA) is 48.4 Å². The van der Waals surface area contributed by atoms with Gasteiger partial charge in [0.1, 0.15) is 0 Å². The fourth-order valence-corrected chi connectivity index (χ4v) is 2.94. The van der Waals surface area contributed by atoms with Crippen molar-refractivity contribution in [3.63, 3.8) is 0 Å². The molecule has 0 amide bonds. The van der Waals surface area contributed by atoms with Gasteiger partial charge in [0.15, 0.2) is 0 Å². The fraction of sp³-hybridized carbons (Fsp3) is 0.769. The molecule has 0 N–H and O–H groups in total. The lowest BCUT2D eigenvalue weighted by Crippen LogP contribution is -2.46. The maximum absolute atomic E-state index is 6.08. The van der Waals surface area contributed by atoms with Gasteiger partial charge in [0, 0.05) is 39.3 Å². The molecular weight excluding hydrogens is 276 g/mol. The first-order valence-electron chi connectivity index (χ1n) is 7.40. The SMILES string of the molecule is CCN1CCN(c2nc(Cl)nc(N3CCCC3)n2)CC1. The molecule has 0 spiro atoms. The third kappa shape index (κ3) is 2.96. The maximum Gasteiger partial charge on any atom is 0.231 e. The molecule has 20 heavy (non-hydrogen) atoms. The lowest BCUT2D eigenvalue weighted by molar-refractivity contribution is 0.270. The Morgan fingerprint density at radius 3 is 1.95 bits per heavy atom. The van der Waals surface area contributed by atoms with E-state index >= 15 is 0 Å². The molecule has 3 rings (SSSR count). The van der Waals surface area contributed by atoms with Crippen LogP contribution >= 0.6 is 11.6 Å². The van der Waals surface area contributed by atoms with Crippen molar-refractivity contribution in [2.45, 2.75) is 19.8 Å². The Bertz CT molecular complexity index is 454. The third-order valence-electron chi connectivity index (χ3n) is 4.08. The first-order valence-corrected chi connectivity index (χ1v) is 7.78. The largest absolute Gasteiger partial charge is 0.341 e. The van der Waals surface area contributed by atoms with Crippen molar-refractivity contribution in [3.05, 3.63) is 5.28 Å². The van der Waals surface area contributed by atoms with Crippen molar-refractivity contribution >= 4 is 23.5 Å². The van der Waals surface area contributed by atoms with Gasteiger partial charge >= 0.3 is 0 Å². The Morgan fingerprint density at radius 2 is 1.40 bits per heavy atom. The second-order valence-electron chi connectivity index (χ2n) is 5.32. The minimum atomic E-state index is 0.301. The Kier molecular flexibility index (Phi) is 4.21. The monoisotopic (exact) mass is 296 g/mol. The van der Waals surface area contributed by atoms with E-state index in [2.05, 4.69) is 36.6 Å². The van der Waals surface area contributed by atoms with Crippen LogP contribution in [0.2, 0.25) is 5.28 Å². The van der Waals surface area contributed by atoms with Gasteiger partial charge in [-0.3, -0.25) is 0 Å². The summed E-state index contributed by atoms with van der Waals surface area (Å²) in [5.41, 5.74) is 0. The third-order valence-corrected chi connectivity index (χ3v) is 4.24. The van der Waals surface area contributed by atoms with Crippen LogP contribution in [0.1, 0.15) is 19.8 Å². The molecule has 0 bridgehead atoms. The summed E-state index contributed by atoms with van der Waals surface area (Å²) in [5.74, 6) is 1.46. The summed E-state index contributed by atoms with van der Waals surface area (Å²) in [6.07, 6.45) is 2.40. The minimum absolute atomic E-state index is 0.301. The van der Waals surface area contributed by atoms with Crippen LogP contribution in [0, 0.1) is 0 Å². The normalized spacial score (nSPS) is 20.7. The molecule has 0 aromatic carbocycles. The second kappa shape index (κ2) is 6.10. The molecule has 0 unspecified atom stereocenters. The summed E-state index contributed by atoms with van der Waals surface area (Å²) in [6.45, 7) is 9.34. The van der Waals surface area contributed by atoms with E-state index in [0.29, 0.717) is 5.28 Å². The van der Waals surface area contributed by atoms with Crippen molar-refractivity contribution in [1.82, 2.24) is 19.9 Å². The molecule has 0 aliphatic carbocycles. The zero-order valence-corrected chi connectivity index (χ0v) is 12.7. The number of piperazine rings is 1. The van der Waals surface area contributed by atoms with Crippen molar-refractivity contribution in [2.75, 3.05) is 55.6 Å². The number of hydrogen-bond donors (Lipinski definition) is 0. The zero-order chi connectivity index (χ0) is 13.9. The fourth-order valence-electron chi connectivity index (χ4n) is 2.79. The number of anilines is 2. The molecular formula is C13H21ClN6. The zero-order valence-electron chi connectivity index (χ0n) is 11.9. The number of halogens is 1. The summed E-state index contributed by atoms with van der Waals surface area (Å²) < 4.78 is 0.